The number of hydrogen-bond donors (Lipinski definition) is 3. The summed E-state index contributed by atoms with van der Waals surface area (Å²) in [7, 11) is 0. The number of Topliss-reactive ketones (excluding diaryl/α,β-unsaturated/α-hetero) is 1. The van der Waals surface area contributed by atoms with Crippen molar-refractivity contribution in [1.82, 2.24) is 5.32 Å². The van der Waals surface area contributed by atoms with Gasteiger partial charge in [-0.3, -0.25) is 9.59 Å². The number of ether oxygens (including phenoxy) is 2. The van der Waals surface area contributed by atoms with E-state index < -0.39 is 30.3 Å². The van der Waals surface area contributed by atoms with Gasteiger partial charge in [0, 0.05) is 6.07 Å². The average Bonchev–Trinajstić information content (AvgIpc) is 2.69. The van der Waals surface area contributed by atoms with E-state index in [9.17, 15) is 19.5 Å². The lowest BCUT2D eigenvalue weighted by molar-refractivity contribution is -0.143. The van der Waals surface area contributed by atoms with E-state index >= 15 is 0 Å². The zero-order chi connectivity index (χ0) is 21.4. The number of ketones is 1. The molecule has 0 radical (unpaired) electrons. The first-order valence-electron chi connectivity index (χ1n) is 8.97. The molecule has 2 aromatic carbocycles. The number of carboxylic acids is 1. The normalized spacial score (nSPS) is 11.6. The van der Waals surface area contributed by atoms with Gasteiger partial charge in [0.25, 0.3) is 5.91 Å². The van der Waals surface area contributed by atoms with Gasteiger partial charge < -0.3 is 25.0 Å². The standard InChI is InChI=1S/C21H23NO7/c1-13(2)20(21(26)27)22-19(25)12-29-15-8-9-16(17(23)10-15)18(24)11-28-14-6-4-3-5-7-14/h3-10,13,20,23H,11-12H2,1-2H3,(H,22,25)(H,26,27)/t20-/m0/s1. The minimum absolute atomic E-state index is 0.0588. The van der Waals surface area contributed by atoms with Crippen LogP contribution >= 0.6 is 0 Å². The number of amides is 1. The van der Waals surface area contributed by atoms with Crippen molar-refractivity contribution in [3.63, 3.8) is 0 Å². The van der Waals surface area contributed by atoms with E-state index in [-0.39, 0.29) is 29.6 Å². The molecule has 0 aliphatic carbocycles. The minimum atomic E-state index is -1.13. The molecule has 0 spiro atoms. The zero-order valence-corrected chi connectivity index (χ0v) is 16.1. The molecule has 0 heterocycles. The number of aliphatic carboxylic acids is 1. The van der Waals surface area contributed by atoms with Gasteiger partial charge in [0.05, 0.1) is 5.56 Å². The van der Waals surface area contributed by atoms with E-state index in [0.717, 1.165) is 0 Å². The summed E-state index contributed by atoms with van der Waals surface area (Å²) in [4.78, 5) is 35.2. The topological polar surface area (TPSA) is 122 Å². The van der Waals surface area contributed by atoms with Crippen molar-refractivity contribution in [3.8, 4) is 17.2 Å². The lowest BCUT2D eigenvalue weighted by Gasteiger charge is -2.18. The molecule has 0 unspecified atom stereocenters. The molecular formula is C21H23NO7. The zero-order valence-electron chi connectivity index (χ0n) is 16.1. The highest BCUT2D eigenvalue weighted by Gasteiger charge is 2.23. The van der Waals surface area contributed by atoms with Gasteiger partial charge in [0.15, 0.2) is 13.2 Å². The molecule has 0 aromatic heterocycles. The molecular weight excluding hydrogens is 378 g/mol. The minimum Gasteiger partial charge on any atom is -0.507 e. The summed E-state index contributed by atoms with van der Waals surface area (Å²) >= 11 is 0. The van der Waals surface area contributed by atoms with Crippen LogP contribution in [-0.4, -0.2) is 47.1 Å². The highest BCUT2D eigenvalue weighted by Crippen LogP contribution is 2.24. The Kier molecular flexibility index (Phi) is 7.59. The number of hydrogen-bond acceptors (Lipinski definition) is 6. The second kappa shape index (κ2) is 10.1. The van der Waals surface area contributed by atoms with Gasteiger partial charge in [-0.2, -0.15) is 0 Å². The Balaban J connectivity index is 1.90. The van der Waals surface area contributed by atoms with Crippen molar-refractivity contribution in [1.29, 1.82) is 0 Å². The number of benzene rings is 2. The largest absolute Gasteiger partial charge is 0.507 e. The Labute approximate surface area is 168 Å². The molecule has 0 bridgehead atoms. The number of aromatic hydroxyl groups is 1. The van der Waals surface area contributed by atoms with Crippen LogP contribution < -0.4 is 14.8 Å². The number of rotatable bonds is 10. The Morgan fingerprint density at radius 3 is 2.21 bits per heavy atom. The Hall–Kier alpha value is -3.55. The highest BCUT2D eigenvalue weighted by atomic mass is 16.5. The van der Waals surface area contributed by atoms with E-state index in [1.165, 1.54) is 18.2 Å². The van der Waals surface area contributed by atoms with E-state index in [1.807, 2.05) is 6.07 Å². The second-order valence-corrected chi connectivity index (χ2v) is 6.62. The van der Waals surface area contributed by atoms with Crippen molar-refractivity contribution < 1.29 is 34.1 Å². The van der Waals surface area contributed by atoms with Crippen molar-refractivity contribution in [2.75, 3.05) is 13.2 Å². The third-order valence-electron chi connectivity index (χ3n) is 4.00. The average molecular weight is 401 g/mol. The van der Waals surface area contributed by atoms with Crippen LogP contribution in [0.15, 0.2) is 48.5 Å². The molecule has 2 aromatic rings. The summed E-state index contributed by atoms with van der Waals surface area (Å²) < 4.78 is 10.6. The van der Waals surface area contributed by atoms with Gasteiger partial charge in [-0.15, -0.1) is 0 Å². The first-order chi connectivity index (χ1) is 13.8. The van der Waals surface area contributed by atoms with Crippen molar-refractivity contribution in [2.45, 2.75) is 19.9 Å². The molecule has 2 rings (SSSR count). The lowest BCUT2D eigenvalue weighted by atomic mass is 10.1. The fourth-order valence-electron chi connectivity index (χ4n) is 2.46. The molecule has 0 saturated heterocycles. The van der Waals surface area contributed by atoms with Gasteiger partial charge >= 0.3 is 5.97 Å². The molecule has 154 valence electrons. The summed E-state index contributed by atoms with van der Waals surface area (Å²) in [6, 6.07) is 11.8. The van der Waals surface area contributed by atoms with Crippen molar-refractivity contribution >= 4 is 17.7 Å². The van der Waals surface area contributed by atoms with Gasteiger partial charge in [0.2, 0.25) is 5.78 Å². The van der Waals surface area contributed by atoms with Crippen LogP contribution in [0.3, 0.4) is 0 Å². The van der Waals surface area contributed by atoms with Crippen LogP contribution in [0.5, 0.6) is 17.2 Å². The summed E-state index contributed by atoms with van der Waals surface area (Å²) in [5.74, 6) is -2.06. The lowest BCUT2D eigenvalue weighted by Crippen LogP contribution is -2.46. The SMILES string of the molecule is CC(C)[C@H](NC(=O)COc1ccc(C(=O)COc2ccccc2)c(O)c1)C(=O)O. The molecule has 0 aliphatic heterocycles. The number of phenolic OH excluding ortho intramolecular Hbond substituents is 1. The highest BCUT2D eigenvalue weighted by molar-refractivity contribution is 5.99. The number of carbonyl (C=O) groups excluding carboxylic acids is 2. The van der Waals surface area contributed by atoms with E-state index in [0.29, 0.717) is 5.75 Å². The van der Waals surface area contributed by atoms with E-state index in [4.69, 9.17) is 14.6 Å². The number of carboxylic acid groups (broad SMARTS) is 1. The third kappa shape index (κ3) is 6.53. The predicted molar refractivity (Wildman–Crippen MR) is 104 cm³/mol. The number of para-hydroxylation sites is 1. The van der Waals surface area contributed by atoms with Gasteiger partial charge in [0.1, 0.15) is 23.3 Å². The molecule has 8 nitrogen and oxygen atoms in total. The summed E-state index contributed by atoms with van der Waals surface area (Å²) in [5.41, 5.74) is 0.0588. The van der Waals surface area contributed by atoms with Crippen LogP contribution in [0.4, 0.5) is 0 Å². The molecule has 0 aliphatic rings. The first kappa shape index (κ1) is 21.7. The summed E-state index contributed by atoms with van der Waals surface area (Å²) in [6.07, 6.45) is 0. The molecule has 3 N–H and O–H groups in total. The maximum atomic E-state index is 12.2. The van der Waals surface area contributed by atoms with Crippen LogP contribution in [0, 0.1) is 5.92 Å². The number of carbonyl (C=O) groups is 3. The first-order valence-corrected chi connectivity index (χ1v) is 8.97. The maximum Gasteiger partial charge on any atom is 0.326 e. The Morgan fingerprint density at radius 2 is 1.62 bits per heavy atom. The maximum absolute atomic E-state index is 12.2. The fourth-order valence-corrected chi connectivity index (χ4v) is 2.46. The smallest absolute Gasteiger partial charge is 0.326 e. The summed E-state index contributed by atoms with van der Waals surface area (Å²) in [6.45, 7) is 2.68. The molecule has 1 amide bonds. The molecule has 8 heteroatoms. The van der Waals surface area contributed by atoms with E-state index in [2.05, 4.69) is 5.32 Å². The summed E-state index contributed by atoms with van der Waals surface area (Å²) in [5, 5.41) is 21.5. The van der Waals surface area contributed by atoms with Crippen LogP contribution in [0.1, 0.15) is 24.2 Å². The van der Waals surface area contributed by atoms with Crippen molar-refractivity contribution in [2.24, 2.45) is 5.92 Å². The van der Waals surface area contributed by atoms with Crippen LogP contribution in [-0.2, 0) is 9.59 Å². The van der Waals surface area contributed by atoms with Crippen LogP contribution in [0.25, 0.3) is 0 Å². The molecule has 0 fully saturated rings. The Bertz CT molecular complexity index is 865. The molecule has 29 heavy (non-hydrogen) atoms. The fraction of sp³-hybridized carbons (Fsp3) is 0.286. The van der Waals surface area contributed by atoms with Crippen molar-refractivity contribution in [3.05, 3.63) is 54.1 Å². The molecule has 1 atom stereocenters. The monoisotopic (exact) mass is 401 g/mol. The van der Waals surface area contributed by atoms with E-state index in [1.54, 1.807) is 38.1 Å². The van der Waals surface area contributed by atoms with Gasteiger partial charge in [-0.25, -0.2) is 4.79 Å². The second-order valence-electron chi connectivity index (χ2n) is 6.62. The Morgan fingerprint density at radius 1 is 0.966 bits per heavy atom. The molecule has 0 saturated carbocycles. The van der Waals surface area contributed by atoms with Crippen LogP contribution in [0.2, 0.25) is 0 Å². The predicted octanol–water partition coefficient (Wildman–Crippen LogP) is 2.26. The number of phenols is 1. The third-order valence-corrected chi connectivity index (χ3v) is 4.00. The quantitative estimate of drug-likeness (QED) is 0.522. The number of nitrogens with one attached hydrogen (secondary N) is 1. The van der Waals surface area contributed by atoms with Gasteiger partial charge in [-0.1, -0.05) is 32.0 Å². The van der Waals surface area contributed by atoms with Gasteiger partial charge in [-0.05, 0) is 30.2 Å².